The number of aromatic nitrogens is 1. The second kappa shape index (κ2) is 11.6. The van der Waals surface area contributed by atoms with Crippen molar-refractivity contribution in [2.45, 2.75) is 45.6 Å². The number of halogens is 1. The number of rotatable bonds is 7. The Morgan fingerprint density at radius 1 is 1.22 bits per heavy atom. The predicted octanol–water partition coefficient (Wildman–Crippen LogP) is 3.89. The van der Waals surface area contributed by atoms with Crippen LogP contribution in [0.15, 0.2) is 40.7 Å². The Labute approximate surface area is 183 Å². The molecule has 0 bridgehead atoms. The minimum absolute atomic E-state index is 0. The molecule has 0 aliphatic heterocycles. The van der Waals surface area contributed by atoms with Gasteiger partial charge < -0.3 is 15.7 Å². The molecule has 0 spiro atoms. The summed E-state index contributed by atoms with van der Waals surface area (Å²) < 4.78 is 0. The van der Waals surface area contributed by atoms with E-state index in [1.807, 2.05) is 37.3 Å². The van der Waals surface area contributed by atoms with Crippen LogP contribution in [-0.4, -0.2) is 35.7 Å². The third-order valence-corrected chi connectivity index (χ3v) is 4.88. The van der Waals surface area contributed by atoms with Crippen LogP contribution in [0.1, 0.15) is 49.9 Å². The molecule has 0 saturated heterocycles. The fourth-order valence-electron chi connectivity index (χ4n) is 2.45. The van der Waals surface area contributed by atoms with E-state index < -0.39 is 0 Å². The first kappa shape index (κ1) is 23.8. The summed E-state index contributed by atoms with van der Waals surface area (Å²) in [4.78, 5) is 9.33. The van der Waals surface area contributed by atoms with Crippen molar-refractivity contribution >= 4 is 41.3 Å². The van der Waals surface area contributed by atoms with Crippen LogP contribution in [0.2, 0.25) is 0 Å². The molecule has 5 nitrogen and oxygen atoms in total. The molecule has 1 unspecified atom stereocenters. The lowest BCUT2D eigenvalue weighted by molar-refractivity contribution is 0.265. The molecule has 0 aliphatic carbocycles. The molecule has 0 amide bonds. The fraction of sp³-hybridized carbons (Fsp3) is 0.500. The highest BCUT2D eigenvalue weighted by Crippen LogP contribution is 2.24. The number of hydrogen-bond donors (Lipinski definition) is 3. The zero-order chi connectivity index (χ0) is 19.0. The summed E-state index contributed by atoms with van der Waals surface area (Å²) in [5, 5.41) is 19.4. The van der Waals surface area contributed by atoms with Crippen LogP contribution in [0.25, 0.3) is 0 Å². The van der Waals surface area contributed by atoms with Gasteiger partial charge in [-0.2, -0.15) is 0 Å². The molecule has 1 heterocycles. The molecule has 150 valence electrons. The van der Waals surface area contributed by atoms with Gasteiger partial charge in [-0.3, -0.25) is 0 Å². The summed E-state index contributed by atoms with van der Waals surface area (Å²) in [6.07, 6.45) is 0. The van der Waals surface area contributed by atoms with E-state index in [4.69, 9.17) is 0 Å². The first-order valence-electron chi connectivity index (χ1n) is 9.07. The Hall–Kier alpha value is -1.19. The number of benzene rings is 1. The quantitative estimate of drug-likeness (QED) is 0.305. The Balaban J connectivity index is 0.00000364. The van der Waals surface area contributed by atoms with Gasteiger partial charge in [-0.05, 0) is 12.5 Å². The van der Waals surface area contributed by atoms with Gasteiger partial charge in [0.25, 0.3) is 0 Å². The first-order valence-corrected chi connectivity index (χ1v) is 9.95. The Morgan fingerprint density at radius 2 is 1.93 bits per heavy atom. The van der Waals surface area contributed by atoms with E-state index in [1.54, 1.807) is 11.3 Å². The number of aliphatic hydroxyl groups is 1. The van der Waals surface area contributed by atoms with E-state index in [2.05, 4.69) is 46.8 Å². The summed E-state index contributed by atoms with van der Waals surface area (Å²) in [6.45, 7) is 10.6. The molecule has 7 heteroatoms. The van der Waals surface area contributed by atoms with Crippen LogP contribution in [-0.2, 0) is 12.0 Å². The number of guanidine groups is 1. The summed E-state index contributed by atoms with van der Waals surface area (Å²) in [6, 6.07) is 10.0. The highest BCUT2D eigenvalue weighted by atomic mass is 127. The number of nitrogens with one attached hydrogen (secondary N) is 2. The average Bonchev–Trinajstić information content (AvgIpc) is 3.10. The van der Waals surface area contributed by atoms with Crippen LogP contribution in [0.3, 0.4) is 0 Å². The van der Waals surface area contributed by atoms with Gasteiger partial charge >= 0.3 is 0 Å². The molecule has 0 aliphatic rings. The van der Waals surface area contributed by atoms with Gasteiger partial charge in [-0.1, -0.05) is 51.1 Å². The van der Waals surface area contributed by atoms with Crippen molar-refractivity contribution < 1.29 is 5.11 Å². The van der Waals surface area contributed by atoms with E-state index >= 15 is 0 Å². The largest absolute Gasteiger partial charge is 0.396 e. The molecule has 1 aromatic carbocycles. The molecule has 1 aromatic heterocycles. The molecule has 0 fully saturated rings. The maximum atomic E-state index is 9.70. The SMILES string of the molecule is CCNC(=NCc1nc(C(C)(C)C)cs1)NCC(CO)c1ccccc1.I. The fourth-order valence-corrected chi connectivity index (χ4v) is 3.39. The number of aliphatic imine (C=N–C) groups is 1. The topological polar surface area (TPSA) is 69.5 Å². The summed E-state index contributed by atoms with van der Waals surface area (Å²) in [5.74, 6) is 0.779. The summed E-state index contributed by atoms with van der Waals surface area (Å²) >= 11 is 1.65. The van der Waals surface area contributed by atoms with Crippen molar-refractivity contribution in [2.24, 2.45) is 4.99 Å². The van der Waals surface area contributed by atoms with Gasteiger partial charge in [0.05, 0.1) is 18.8 Å². The lowest BCUT2D eigenvalue weighted by Gasteiger charge is -2.18. The van der Waals surface area contributed by atoms with Crippen LogP contribution in [0.4, 0.5) is 0 Å². The molecular weight excluding hydrogens is 471 g/mol. The van der Waals surface area contributed by atoms with Crippen molar-refractivity contribution in [2.75, 3.05) is 19.7 Å². The van der Waals surface area contributed by atoms with Crippen molar-refractivity contribution in [1.29, 1.82) is 0 Å². The third-order valence-electron chi connectivity index (χ3n) is 4.04. The molecular formula is C20H31IN4OS. The molecule has 2 rings (SSSR count). The monoisotopic (exact) mass is 502 g/mol. The normalized spacial score (nSPS) is 13.0. The van der Waals surface area contributed by atoms with Crippen molar-refractivity contribution in [1.82, 2.24) is 15.6 Å². The molecule has 0 saturated carbocycles. The lowest BCUT2D eigenvalue weighted by atomic mass is 9.93. The van der Waals surface area contributed by atoms with Crippen LogP contribution >= 0.6 is 35.3 Å². The minimum atomic E-state index is 0. The molecule has 2 aromatic rings. The summed E-state index contributed by atoms with van der Waals surface area (Å²) in [7, 11) is 0. The van der Waals surface area contributed by atoms with Gasteiger partial charge in [-0.15, -0.1) is 35.3 Å². The van der Waals surface area contributed by atoms with Crippen molar-refractivity contribution in [3.05, 3.63) is 52.0 Å². The predicted molar refractivity (Wildman–Crippen MR) is 125 cm³/mol. The van der Waals surface area contributed by atoms with Gasteiger partial charge in [-0.25, -0.2) is 9.98 Å². The Morgan fingerprint density at radius 3 is 2.48 bits per heavy atom. The van der Waals surface area contributed by atoms with Gasteiger partial charge in [0, 0.05) is 29.8 Å². The minimum Gasteiger partial charge on any atom is -0.396 e. The molecule has 0 radical (unpaired) electrons. The molecule has 27 heavy (non-hydrogen) atoms. The average molecular weight is 502 g/mol. The summed E-state index contributed by atoms with van der Waals surface area (Å²) in [5.41, 5.74) is 2.29. The smallest absolute Gasteiger partial charge is 0.191 e. The van der Waals surface area contributed by atoms with Gasteiger partial charge in [0.1, 0.15) is 5.01 Å². The number of hydrogen-bond acceptors (Lipinski definition) is 4. The second-order valence-corrected chi connectivity index (χ2v) is 8.19. The van der Waals surface area contributed by atoms with Crippen LogP contribution < -0.4 is 10.6 Å². The lowest BCUT2D eigenvalue weighted by Crippen LogP contribution is -2.39. The van der Waals surface area contributed by atoms with Gasteiger partial charge in [0.2, 0.25) is 0 Å². The zero-order valence-electron chi connectivity index (χ0n) is 16.5. The van der Waals surface area contributed by atoms with Crippen molar-refractivity contribution in [3.63, 3.8) is 0 Å². The van der Waals surface area contributed by atoms with E-state index in [9.17, 15) is 5.11 Å². The van der Waals surface area contributed by atoms with E-state index in [0.29, 0.717) is 13.1 Å². The third kappa shape index (κ3) is 7.75. The standard InChI is InChI=1S/C20H30N4OS.HI/c1-5-21-19(22-11-16(13-25)15-9-7-6-8-10-15)23-12-18-24-17(14-26-18)20(2,3)4;/h6-10,14,16,25H,5,11-13H2,1-4H3,(H2,21,22,23);1H. The zero-order valence-corrected chi connectivity index (χ0v) is 19.7. The van der Waals surface area contributed by atoms with E-state index in [0.717, 1.165) is 28.8 Å². The van der Waals surface area contributed by atoms with Gasteiger partial charge in [0.15, 0.2) is 5.96 Å². The van der Waals surface area contributed by atoms with E-state index in [1.165, 1.54) is 0 Å². The highest BCUT2D eigenvalue weighted by molar-refractivity contribution is 14.0. The van der Waals surface area contributed by atoms with Crippen LogP contribution in [0.5, 0.6) is 0 Å². The Kier molecular flexibility index (Phi) is 10.3. The van der Waals surface area contributed by atoms with Crippen LogP contribution in [0, 0.1) is 0 Å². The second-order valence-electron chi connectivity index (χ2n) is 7.24. The van der Waals surface area contributed by atoms with E-state index in [-0.39, 0.29) is 41.9 Å². The van der Waals surface area contributed by atoms with Crippen molar-refractivity contribution in [3.8, 4) is 0 Å². The molecule has 3 N–H and O–H groups in total. The maximum Gasteiger partial charge on any atom is 0.191 e. The Bertz CT molecular complexity index is 698. The number of aliphatic hydroxyl groups excluding tert-OH is 1. The maximum absolute atomic E-state index is 9.70. The first-order chi connectivity index (χ1) is 12.4. The highest BCUT2D eigenvalue weighted by Gasteiger charge is 2.17. The number of nitrogens with zero attached hydrogens (tertiary/aromatic N) is 2. The molecule has 1 atom stereocenters. The number of thiazole rings is 1.